The first kappa shape index (κ1) is 9.68. The van der Waals surface area contributed by atoms with Crippen LogP contribution in [-0.4, -0.2) is 19.1 Å². The maximum absolute atomic E-state index is 11.4. The highest BCUT2D eigenvalue weighted by Crippen LogP contribution is 2.25. The Morgan fingerprint density at radius 3 is 3.29 bits per heavy atom. The minimum absolute atomic E-state index is 0.188. The average Bonchev–Trinajstić information content (AvgIpc) is 2.61. The monoisotopic (exact) mass is 211 g/mol. The van der Waals surface area contributed by atoms with Crippen LogP contribution in [0.1, 0.15) is 27.0 Å². The molecule has 0 bridgehead atoms. The molecule has 0 saturated carbocycles. The molecule has 1 aromatic rings. The van der Waals surface area contributed by atoms with E-state index in [-0.39, 0.29) is 5.97 Å². The van der Waals surface area contributed by atoms with E-state index < -0.39 is 0 Å². The molecule has 0 aromatic carbocycles. The summed E-state index contributed by atoms with van der Waals surface area (Å²) in [4.78, 5) is 13.4. The highest BCUT2D eigenvalue weighted by Gasteiger charge is 2.17. The quantitative estimate of drug-likeness (QED) is 0.755. The van der Waals surface area contributed by atoms with Gasteiger partial charge in [0, 0.05) is 11.4 Å². The molecule has 0 amide bonds. The Morgan fingerprint density at radius 1 is 1.71 bits per heavy atom. The Balaban J connectivity index is 2.19. The molecule has 14 heavy (non-hydrogen) atoms. The van der Waals surface area contributed by atoms with Crippen LogP contribution in [0.5, 0.6) is 0 Å². The summed E-state index contributed by atoms with van der Waals surface area (Å²) in [7, 11) is 0. The summed E-state index contributed by atoms with van der Waals surface area (Å²) in [6.45, 7) is 4.16. The third-order valence-corrected chi connectivity index (χ3v) is 3.39. The van der Waals surface area contributed by atoms with Crippen LogP contribution < -0.4 is 5.32 Å². The molecule has 0 spiro atoms. The summed E-state index contributed by atoms with van der Waals surface area (Å²) in [5.74, 6) is -0.188. The molecule has 1 aliphatic rings. The first-order valence-corrected chi connectivity index (χ1v) is 5.62. The number of nitrogens with one attached hydrogen (secondary N) is 1. The van der Waals surface area contributed by atoms with E-state index in [4.69, 9.17) is 4.74 Å². The molecule has 1 aromatic heterocycles. The van der Waals surface area contributed by atoms with Gasteiger partial charge in [0.2, 0.25) is 0 Å². The summed E-state index contributed by atoms with van der Waals surface area (Å²) >= 11 is 1.55. The molecule has 2 heterocycles. The molecule has 4 heteroatoms. The molecule has 0 fully saturated rings. The Labute approximate surface area is 87.1 Å². The fourth-order valence-corrected chi connectivity index (χ4v) is 2.63. The van der Waals surface area contributed by atoms with Crippen LogP contribution in [0.15, 0.2) is 6.07 Å². The van der Waals surface area contributed by atoms with Crippen LogP contribution in [0.25, 0.3) is 0 Å². The maximum atomic E-state index is 11.4. The van der Waals surface area contributed by atoms with Crippen LogP contribution in [-0.2, 0) is 17.7 Å². The van der Waals surface area contributed by atoms with Crippen molar-refractivity contribution in [3.63, 3.8) is 0 Å². The maximum Gasteiger partial charge on any atom is 0.348 e. The van der Waals surface area contributed by atoms with E-state index in [1.165, 1.54) is 10.4 Å². The highest BCUT2D eigenvalue weighted by atomic mass is 32.1. The average molecular weight is 211 g/mol. The van der Waals surface area contributed by atoms with Crippen molar-refractivity contribution < 1.29 is 9.53 Å². The molecule has 0 atom stereocenters. The lowest BCUT2D eigenvalue weighted by Gasteiger charge is -2.10. The van der Waals surface area contributed by atoms with Gasteiger partial charge in [0.05, 0.1) is 6.61 Å². The van der Waals surface area contributed by atoms with E-state index in [2.05, 4.69) is 5.32 Å². The van der Waals surface area contributed by atoms with E-state index in [0.717, 1.165) is 24.4 Å². The lowest BCUT2D eigenvalue weighted by Crippen LogP contribution is -2.21. The van der Waals surface area contributed by atoms with Crippen molar-refractivity contribution in [1.29, 1.82) is 0 Å². The lowest BCUT2D eigenvalue weighted by molar-refractivity contribution is 0.0532. The fraction of sp³-hybridized carbons (Fsp3) is 0.500. The van der Waals surface area contributed by atoms with Crippen LogP contribution >= 0.6 is 11.3 Å². The lowest BCUT2D eigenvalue weighted by atomic mass is 10.1. The fourth-order valence-electron chi connectivity index (χ4n) is 1.56. The van der Waals surface area contributed by atoms with E-state index in [1.807, 2.05) is 13.0 Å². The number of ether oxygens (including phenoxy) is 1. The smallest absolute Gasteiger partial charge is 0.348 e. The van der Waals surface area contributed by atoms with Crippen LogP contribution in [0.4, 0.5) is 0 Å². The van der Waals surface area contributed by atoms with Crippen molar-refractivity contribution in [3.8, 4) is 0 Å². The van der Waals surface area contributed by atoms with Gasteiger partial charge in [-0.1, -0.05) is 0 Å². The summed E-state index contributed by atoms with van der Waals surface area (Å²) in [5, 5.41) is 3.28. The molecule has 1 N–H and O–H groups in total. The third kappa shape index (κ3) is 1.81. The Kier molecular flexibility index (Phi) is 2.84. The summed E-state index contributed by atoms with van der Waals surface area (Å²) in [6, 6.07) is 1.97. The van der Waals surface area contributed by atoms with Crippen molar-refractivity contribution in [2.24, 2.45) is 0 Å². The Hall–Kier alpha value is -0.870. The second-order valence-corrected chi connectivity index (χ2v) is 4.34. The van der Waals surface area contributed by atoms with Crippen molar-refractivity contribution in [1.82, 2.24) is 5.32 Å². The largest absolute Gasteiger partial charge is 0.462 e. The van der Waals surface area contributed by atoms with Crippen LogP contribution in [0.2, 0.25) is 0 Å². The first-order valence-electron chi connectivity index (χ1n) is 4.80. The van der Waals surface area contributed by atoms with Crippen molar-refractivity contribution in [2.45, 2.75) is 19.9 Å². The summed E-state index contributed by atoms with van der Waals surface area (Å²) in [5.41, 5.74) is 1.30. The second kappa shape index (κ2) is 4.11. The molecular weight excluding hydrogens is 198 g/mol. The molecule has 3 nitrogen and oxygen atoms in total. The zero-order chi connectivity index (χ0) is 9.97. The van der Waals surface area contributed by atoms with Gasteiger partial charge in [0.25, 0.3) is 0 Å². The van der Waals surface area contributed by atoms with Gasteiger partial charge in [-0.15, -0.1) is 11.3 Å². The molecule has 76 valence electrons. The zero-order valence-corrected chi connectivity index (χ0v) is 8.95. The molecule has 2 rings (SSSR count). The normalized spacial score (nSPS) is 14.9. The van der Waals surface area contributed by atoms with Gasteiger partial charge in [-0.25, -0.2) is 4.79 Å². The number of thiophene rings is 1. The number of fused-ring (bicyclic) bond motifs is 1. The minimum atomic E-state index is -0.188. The van der Waals surface area contributed by atoms with Gasteiger partial charge in [-0.3, -0.25) is 0 Å². The molecule has 0 aliphatic carbocycles. The predicted octanol–water partition coefficient (Wildman–Crippen LogP) is 1.57. The number of hydrogen-bond acceptors (Lipinski definition) is 4. The number of carbonyl (C=O) groups is 1. The van der Waals surface area contributed by atoms with Gasteiger partial charge in [-0.05, 0) is 31.5 Å². The molecular formula is C10H13NO2S. The number of carbonyl (C=O) groups excluding carboxylic acids is 1. The number of rotatable bonds is 2. The third-order valence-electron chi connectivity index (χ3n) is 2.23. The molecule has 0 saturated heterocycles. The van der Waals surface area contributed by atoms with Gasteiger partial charge in [0.1, 0.15) is 4.88 Å². The second-order valence-electron chi connectivity index (χ2n) is 3.21. The van der Waals surface area contributed by atoms with Gasteiger partial charge < -0.3 is 10.1 Å². The topological polar surface area (TPSA) is 38.3 Å². The first-order chi connectivity index (χ1) is 6.81. The molecule has 1 aliphatic heterocycles. The standard InChI is InChI=1S/C10H13NO2S/c1-2-13-10(12)8-5-7-3-4-11-6-9(7)14-8/h5,11H,2-4,6H2,1H3. The van der Waals surface area contributed by atoms with E-state index in [0.29, 0.717) is 6.61 Å². The van der Waals surface area contributed by atoms with E-state index in [9.17, 15) is 4.79 Å². The van der Waals surface area contributed by atoms with E-state index in [1.54, 1.807) is 11.3 Å². The van der Waals surface area contributed by atoms with Crippen LogP contribution in [0, 0.1) is 0 Å². The van der Waals surface area contributed by atoms with Gasteiger partial charge >= 0.3 is 5.97 Å². The summed E-state index contributed by atoms with van der Waals surface area (Å²) in [6.07, 6.45) is 1.02. The van der Waals surface area contributed by atoms with Crippen molar-refractivity contribution >= 4 is 17.3 Å². The molecule has 0 radical (unpaired) electrons. The van der Waals surface area contributed by atoms with E-state index >= 15 is 0 Å². The van der Waals surface area contributed by atoms with Crippen molar-refractivity contribution in [2.75, 3.05) is 13.2 Å². The van der Waals surface area contributed by atoms with Crippen LogP contribution in [0.3, 0.4) is 0 Å². The number of hydrogen-bond donors (Lipinski definition) is 1. The minimum Gasteiger partial charge on any atom is -0.462 e. The zero-order valence-electron chi connectivity index (χ0n) is 8.13. The highest BCUT2D eigenvalue weighted by molar-refractivity contribution is 7.14. The SMILES string of the molecule is CCOC(=O)c1cc2c(s1)CNCC2. The Morgan fingerprint density at radius 2 is 2.57 bits per heavy atom. The summed E-state index contributed by atoms with van der Waals surface area (Å²) < 4.78 is 4.96. The number of esters is 1. The Bertz CT molecular complexity index is 322. The van der Waals surface area contributed by atoms with Gasteiger partial charge in [0.15, 0.2) is 0 Å². The predicted molar refractivity (Wildman–Crippen MR) is 55.7 cm³/mol. The van der Waals surface area contributed by atoms with Gasteiger partial charge in [-0.2, -0.15) is 0 Å². The molecule has 0 unspecified atom stereocenters. The van der Waals surface area contributed by atoms with Crippen molar-refractivity contribution in [3.05, 3.63) is 21.4 Å².